The van der Waals surface area contributed by atoms with Crippen LogP contribution in [0.25, 0.3) is 11.2 Å². The zero-order valence-corrected chi connectivity index (χ0v) is 49.4. The summed E-state index contributed by atoms with van der Waals surface area (Å²) in [6.07, 6.45) is -6.30. The summed E-state index contributed by atoms with van der Waals surface area (Å²) in [5.41, 5.74) is 1.90. The van der Waals surface area contributed by atoms with Gasteiger partial charge in [0.05, 0.1) is 64.4 Å². The minimum atomic E-state index is -5.13. The van der Waals surface area contributed by atoms with Crippen LogP contribution in [0.5, 0.6) is 0 Å². The molecule has 0 spiro atoms. The number of urea groups is 1. The highest BCUT2D eigenvalue weighted by molar-refractivity contribution is 8.00. The van der Waals surface area contributed by atoms with Crippen molar-refractivity contribution in [3.8, 4) is 0 Å². The molecule has 7 heterocycles. The van der Waals surface area contributed by atoms with Gasteiger partial charge in [-0.25, -0.2) is 33.3 Å². The highest BCUT2D eigenvalue weighted by Crippen LogP contribution is 2.53. The van der Waals surface area contributed by atoms with E-state index in [1.165, 1.54) is 30.0 Å². The number of ether oxygens (including phenoxy) is 3. The van der Waals surface area contributed by atoms with E-state index in [2.05, 4.69) is 56.9 Å². The van der Waals surface area contributed by atoms with Crippen LogP contribution in [-0.2, 0) is 61.5 Å². The van der Waals surface area contributed by atoms with E-state index in [0.717, 1.165) is 35.6 Å². The first-order chi connectivity index (χ1) is 41.1. The van der Waals surface area contributed by atoms with Crippen molar-refractivity contribution in [2.75, 3.05) is 90.5 Å². The quantitative estimate of drug-likeness (QED) is 0.0229. The number of H-pyrrole nitrogens is 1. The Bertz CT molecular complexity index is 3050. The standard InChI is InChI=1S/C49H71F3N14O17P2S/c1-2-79-84(74,62-44(71)31-11-6-15-54-31)81-26-33-40(39(69)45(82-33)66-42-38(61-47(66)73)41(53)57-28-58-42)83-85(75,76)80-24-23-78-22-21-77-20-19-65(18-8-17-56-43(70)29-9-5-10-30(25-29)48(63-64-48)49(50,51)52)36(68)14-7-16-55-35(67)13-4-3-12-34-37-32(27-86-34)59-46(72)60-37/h5,9-10,25,28,31-34,37,39-40,45,54,69H,2-4,6-8,11-24,26-27H2,1H3,(H,55,67)(H,56,70)(H,61,73)(H,75,76)(H2,53,57,58)(H2,59,60,72)(H,62,71,74)/t31-,32-,33+,34-,37-,39+,40+,45+,84?/m0/s1. The number of aromatic amines is 1. The number of nitrogen functional groups attached to an aromatic ring is 1. The van der Waals surface area contributed by atoms with Crippen LogP contribution in [0.4, 0.5) is 23.8 Å². The molecule has 5 aliphatic rings. The zero-order valence-electron chi connectivity index (χ0n) is 46.8. The first kappa shape index (κ1) is 66.3. The van der Waals surface area contributed by atoms with Crippen molar-refractivity contribution in [3.05, 3.63) is 52.2 Å². The number of nitrogens with zero attached hydrogens (tertiary/aromatic N) is 6. The lowest BCUT2D eigenvalue weighted by atomic mass is 10.00. The number of imidazole rings is 1. The van der Waals surface area contributed by atoms with Crippen LogP contribution in [0.15, 0.2) is 45.6 Å². The van der Waals surface area contributed by atoms with Crippen molar-refractivity contribution in [2.24, 2.45) is 10.2 Å². The molecule has 86 heavy (non-hydrogen) atoms. The molecular formula is C49H71F3N14O17P2S. The summed E-state index contributed by atoms with van der Waals surface area (Å²) >= 11 is 1.81. The summed E-state index contributed by atoms with van der Waals surface area (Å²) in [4.78, 5) is 99.6. The maximum absolute atomic E-state index is 13.7. The number of rotatable bonds is 35. The number of benzene rings is 1. The Kier molecular flexibility index (Phi) is 23.1. The van der Waals surface area contributed by atoms with Gasteiger partial charge < -0.3 is 66.4 Å². The van der Waals surface area contributed by atoms with Gasteiger partial charge in [0.2, 0.25) is 17.7 Å². The van der Waals surface area contributed by atoms with Gasteiger partial charge in [0.15, 0.2) is 17.7 Å². The third-order valence-electron chi connectivity index (χ3n) is 14.5. The molecule has 3 aromatic rings. The van der Waals surface area contributed by atoms with E-state index < -0.39 is 88.7 Å². The number of aliphatic hydroxyl groups is 1. The fourth-order valence-corrected chi connectivity index (χ4v) is 13.9. The first-order valence-corrected chi connectivity index (χ1v) is 32.1. The molecule has 2 aromatic heterocycles. The maximum atomic E-state index is 13.7. The second-order valence-corrected chi connectivity index (χ2v) is 24.9. The van der Waals surface area contributed by atoms with E-state index in [-0.39, 0.29) is 135 Å². The lowest BCUT2D eigenvalue weighted by Crippen LogP contribution is -2.40. The number of alkyl halides is 3. The molecule has 4 saturated heterocycles. The van der Waals surface area contributed by atoms with Gasteiger partial charge in [0.1, 0.15) is 30.2 Å². The van der Waals surface area contributed by atoms with Crippen molar-refractivity contribution in [1.82, 2.24) is 56.1 Å². The van der Waals surface area contributed by atoms with Crippen molar-refractivity contribution < 1.29 is 88.6 Å². The predicted molar refractivity (Wildman–Crippen MR) is 298 cm³/mol. The number of unbranched alkanes of at least 4 members (excludes halogenated alkanes) is 1. The summed E-state index contributed by atoms with van der Waals surface area (Å²) in [6, 6.07) is 4.30. The van der Waals surface area contributed by atoms with E-state index in [1.807, 2.05) is 0 Å². The Morgan fingerprint density at radius 3 is 2.48 bits per heavy atom. The van der Waals surface area contributed by atoms with Crippen molar-refractivity contribution in [3.63, 3.8) is 0 Å². The number of carbonyl (C=O) groups excluding carboxylic acids is 5. The average Bonchev–Trinajstić information content (AvgIpc) is 1.66. The number of anilines is 1. The van der Waals surface area contributed by atoms with E-state index in [0.29, 0.717) is 38.6 Å². The van der Waals surface area contributed by atoms with Gasteiger partial charge in [0, 0.05) is 61.2 Å². The minimum Gasteiger partial charge on any atom is -0.386 e. The number of fused-ring (bicyclic) bond motifs is 2. The lowest BCUT2D eigenvalue weighted by Gasteiger charge is -2.25. The summed E-state index contributed by atoms with van der Waals surface area (Å²) < 4.78 is 108. The summed E-state index contributed by atoms with van der Waals surface area (Å²) in [5.74, 6) is -1.00. The predicted octanol–water partition coefficient (Wildman–Crippen LogP) is 1.98. The molecule has 6 amide bonds. The highest BCUT2D eigenvalue weighted by atomic mass is 32.2. The van der Waals surface area contributed by atoms with Crippen LogP contribution in [0.1, 0.15) is 86.9 Å². The van der Waals surface area contributed by atoms with Crippen LogP contribution in [0.3, 0.4) is 0 Å². The number of amides is 6. The van der Waals surface area contributed by atoms with Crippen molar-refractivity contribution in [2.45, 2.75) is 124 Å². The molecule has 37 heteroatoms. The molecule has 11 N–H and O–H groups in total. The third-order valence-corrected chi connectivity index (χ3v) is 18.6. The van der Waals surface area contributed by atoms with Crippen LogP contribution < -0.4 is 43.1 Å². The van der Waals surface area contributed by atoms with E-state index in [4.69, 9.17) is 38.0 Å². The number of halogens is 3. The largest absolute Gasteiger partial charge is 0.472 e. The number of carbonyl (C=O) groups is 5. The Hall–Kier alpha value is -5.68. The topological polar surface area (TPSA) is 414 Å². The molecule has 0 saturated carbocycles. The van der Waals surface area contributed by atoms with Crippen molar-refractivity contribution >= 4 is 74.0 Å². The Morgan fingerprint density at radius 1 is 0.965 bits per heavy atom. The second-order valence-electron chi connectivity index (χ2n) is 20.5. The van der Waals surface area contributed by atoms with Gasteiger partial charge in [-0.05, 0) is 64.1 Å². The maximum Gasteiger partial charge on any atom is 0.472 e. The molecule has 0 bridgehead atoms. The number of phosphoric ester groups is 1. The summed E-state index contributed by atoms with van der Waals surface area (Å²) in [5, 5.41) is 34.9. The molecule has 10 atom stereocenters. The number of phosphoric acid groups is 1. The average molecular weight is 1280 g/mol. The lowest BCUT2D eigenvalue weighted by molar-refractivity contribution is -0.166. The van der Waals surface area contributed by atoms with Crippen molar-refractivity contribution in [1.29, 1.82) is 0 Å². The Balaban J connectivity index is 0.781. The Morgan fingerprint density at radius 2 is 1.73 bits per heavy atom. The van der Waals surface area contributed by atoms with Gasteiger partial charge in [0.25, 0.3) is 5.91 Å². The number of nitrogens with two attached hydrogens (primary N) is 1. The number of hydrogen-bond acceptors (Lipinski definition) is 23. The third kappa shape index (κ3) is 17.3. The smallest absolute Gasteiger partial charge is 0.386 e. The number of hydrogen-bond donors (Lipinski definition) is 10. The monoisotopic (exact) mass is 1280 g/mol. The molecule has 1 aromatic carbocycles. The second kappa shape index (κ2) is 30.0. The highest BCUT2D eigenvalue weighted by Gasteiger charge is 2.65. The summed E-state index contributed by atoms with van der Waals surface area (Å²) in [6.45, 7) is 0.771. The van der Waals surface area contributed by atoms with E-state index in [9.17, 15) is 61.1 Å². The molecule has 2 unspecified atom stereocenters. The van der Waals surface area contributed by atoms with Crippen LogP contribution in [0, 0.1) is 0 Å². The van der Waals surface area contributed by atoms with Gasteiger partial charge in [-0.15, -0.1) is 10.2 Å². The number of aliphatic hydroxyl groups excluding tert-OH is 1. The van der Waals surface area contributed by atoms with E-state index in [1.54, 1.807) is 11.8 Å². The van der Waals surface area contributed by atoms with Crippen LogP contribution in [0.2, 0.25) is 0 Å². The number of thioether (sulfide) groups is 1. The zero-order chi connectivity index (χ0) is 61.7. The number of nitrogens with one attached hydrogen (secondary N) is 7. The molecule has 0 aliphatic carbocycles. The molecular weight excluding hydrogens is 1210 g/mol. The van der Waals surface area contributed by atoms with Crippen LogP contribution >= 0.6 is 27.3 Å². The minimum absolute atomic E-state index is 0.00715. The molecule has 8 rings (SSSR count). The molecule has 476 valence electrons. The SMILES string of the molecule is CCOP(=O)(NC(=O)[C@@H]1CCCN1)OC[C@H]1O[C@@H](n2c(=O)[nH]c3c(N)ncnc32)[C@H](O)[C@@H]1OP(=O)(O)OCCOCCOCCN(CCCNC(=O)c1cccc(C2(C(F)(F)F)N=N2)c1)C(=O)CCCNC(=O)CCCC[C@@H]1SC[C@@H]2NC(=O)N[C@@H]21. The first-order valence-electron chi connectivity index (χ1n) is 28.0. The summed E-state index contributed by atoms with van der Waals surface area (Å²) in [7, 11) is -9.56. The van der Waals surface area contributed by atoms with Gasteiger partial charge >= 0.3 is 39.1 Å². The van der Waals surface area contributed by atoms with E-state index >= 15 is 0 Å². The molecule has 5 aliphatic heterocycles. The normalized spacial score (nSPS) is 24.4. The number of aromatic nitrogens is 4. The van der Waals surface area contributed by atoms with Gasteiger partial charge in [-0.3, -0.25) is 42.4 Å². The molecule has 0 radical (unpaired) electrons. The fourth-order valence-electron chi connectivity index (χ4n) is 10.1. The van der Waals surface area contributed by atoms with Gasteiger partial charge in [-0.1, -0.05) is 18.6 Å². The Labute approximate surface area is 494 Å². The fraction of sp³-hybridized carbons (Fsp3) is 0.673. The van der Waals surface area contributed by atoms with Gasteiger partial charge in [-0.2, -0.15) is 24.9 Å². The molecule has 31 nitrogen and oxygen atoms in total. The van der Waals surface area contributed by atoms with Crippen LogP contribution in [-0.4, -0.2) is 197 Å². The molecule has 4 fully saturated rings.